The van der Waals surface area contributed by atoms with Crippen LogP contribution in [0.3, 0.4) is 0 Å². The van der Waals surface area contributed by atoms with Gasteiger partial charge >= 0.3 is 0 Å². The number of aromatic amines is 1. The number of nitrogens with one attached hydrogen (secondary N) is 2. The third-order valence-corrected chi connectivity index (χ3v) is 3.32. The Kier molecular flexibility index (Phi) is 4.55. The summed E-state index contributed by atoms with van der Waals surface area (Å²) in [6, 6.07) is 6.14. The first-order chi connectivity index (χ1) is 11.7. The Bertz CT molecular complexity index is 821. The fraction of sp³-hybridized carbons (Fsp3) is 0.188. The van der Waals surface area contributed by atoms with E-state index in [0.717, 1.165) is 11.3 Å². The maximum absolute atomic E-state index is 13.4. The summed E-state index contributed by atoms with van der Waals surface area (Å²) in [5.41, 5.74) is 8.03. The van der Waals surface area contributed by atoms with Crippen molar-refractivity contribution in [1.29, 1.82) is 0 Å². The van der Waals surface area contributed by atoms with E-state index >= 15 is 0 Å². The summed E-state index contributed by atoms with van der Waals surface area (Å²) in [5, 5.41) is 9.97. The van der Waals surface area contributed by atoms with Crippen molar-refractivity contribution >= 4 is 17.5 Å². The van der Waals surface area contributed by atoms with E-state index in [1.54, 1.807) is 18.5 Å². The number of anilines is 3. The van der Waals surface area contributed by atoms with Gasteiger partial charge in [-0.2, -0.15) is 10.1 Å². The average molecular weight is 328 g/mol. The molecule has 0 spiro atoms. The molecule has 0 saturated heterocycles. The number of nitrogen functional groups attached to an aromatic ring is 1. The highest BCUT2D eigenvalue weighted by molar-refractivity contribution is 5.66. The maximum Gasteiger partial charge on any atom is 0.221 e. The molecule has 0 aliphatic carbocycles. The van der Waals surface area contributed by atoms with E-state index in [-0.39, 0.29) is 11.8 Å². The maximum atomic E-state index is 13.4. The average Bonchev–Trinajstić information content (AvgIpc) is 3.06. The minimum atomic E-state index is -0.371. The molecule has 0 unspecified atom stereocenters. The Morgan fingerprint density at radius 1 is 1.33 bits per heavy atom. The third kappa shape index (κ3) is 3.60. The summed E-state index contributed by atoms with van der Waals surface area (Å²) in [5.74, 6) is 0.710. The molecule has 0 amide bonds. The molecular weight excluding hydrogens is 311 g/mol. The number of nitrogens with two attached hydrogens (primary N) is 1. The molecule has 124 valence electrons. The molecule has 0 bridgehead atoms. The third-order valence-electron chi connectivity index (χ3n) is 3.32. The molecule has 0 radical (unpaired) electrons. The highest BCUT2D eigenvalue weighted by atomic mass is 19.1. The fourth-order valence-electron chi connectivity index (χ4n) is 2.25. The topological polar surface area (TPSA) is 102 Å². The molecule has 0 saturated carbocycles. The van der Waals surface area contributed by atoms with Gasteiger partial charge in [0, 0.05) is 36.1 Å². The highest BCUT2D eigenvalue weighted by Gasteiger charge is 2.12. The highest BCUT2D eigenvalue weighted by Crippen LogP contribution is 2.30. The number of H-pyrrole nitrogens is 1. The Hall–Kier alpha value is -3.16. The Labute approximate surface area is 138 Å². The summed E-state index contributed by atoms with van der Waals surface area (Å²) in [4.78, 5) is 8.28. The smallest absolute Gasteiger partial charge is 0.221 e. The number of benzene rings is 1. The molecule has 0 aliphatic heterocycles. The molecule has 7 nitrogen and oxygen atoms in total. The first kappa shape index (κ1) is 15.7. The van der Waals surface area contributed by atoms with Crippen LogP contribution in [0.25, 0.3) is 0 Å². The summed E-state index contributed by atoms with van der Waals surface area (Å²) in [6.07, 6.45) is 3.87. The summed E-state index contributed by atoms with van der Waals surface area (Å²) in [6.45, 7) is 2.26. The van der Waals surface area contributed by atoms with Gasteiger partial charge in [-0.15, -0.1) is 0 Å². The summed E-state index contributed by atoms with van der Waals surface area (Å²) in [7, 11) is 0. The largest absolute Gasteiger partial charge is 0.492 e. The second-order valence-electron chi connectivity index (χ2n) is 5.06. The SMILES string of the molecule is CCOc1cc(F)ccc1Nc1nc(N)ncc1Cc1ccn[nH]1. The van der Waals surface area contributed by atoms with E-state index in [2.05, 4.69) is 25.5 Å². The molecule has 2 heterocycles. The molecule has 3 aromatic rings. The Morgan fingerprint density at radius 2 is 2.21 bits per heavy atom. The van der Waals surface area contributed by atoms with Gasteiger partial charge in [0.15, 0.2) is 0 Å². The second-order valence-corrected chi connectivity index (χ2v) is 5.06. The summed E-state index contributed by atoms with van der Waals surface area (Å²) < 4.78 is 18.9. The number of aromatic nitrogens is 4. The number of hydrogen-bond donors (Lipinski definition) is 3. The first-order valence-electron chi connectivity index (χ1n) is 7.44. The van der Waals surface area contributed by atoms with E-state index in [0.29, 0.717) is 30.3 Å². The van der Waals surface area contributed by atoms with Crippen molar-refractivity contribution < 1.29 is 9.13 Å². The van der Waals surface area contributed by atoms with Gasteiger partial charge in [0.2, 0.25) is 5.95 Å². The van der Waals surface area contributed by atoms with Crippen molar-refractivity contribution in [3.05, 3.63) is 53.7 Å². The number of nitrogens with zero attached hydrogens (tertiary/aromatic N) is 3. The second kappa shape index (κ2) is 6.95. The van der Waals surface area contributed by atoms with Crippen molar-refractivity contribution in [2.45, 2.75) is 13.3 Å². The zero-order valence-corrected chi connectivity index (χ0v) is 13.1. The normalized spacial score (nSPS) is 10.6. The molecule has 2 aromatic heterocycles. The molecule has 24 heavy (non-hydrogen) atoms. The monoisotopic (exact) mass is 328 g/mol. The lowest BCUT2D eigenvalue weighted by Gasteiger charge is -2.14. The minimum Gasteiger partial charge on any atom is -0.492 e. The van der Waals surface area contributed by atoms with Gasteiger partial charge < -0.3 is 15.8 Å². The van der Waals surface area contributed by atoms with E-state index in [1.165, 1.54) is 12.1 Å². The lowest BCUT2D eigenvalue weighted by Crippen LogP contribution is -2.06. The minimum absolute atomic E-state index is 0.144. The molecule has 4 N–H and O–H groups in total. The van der Waals surface area contributed by atoms with Gasteiger partial charge in [-0.1, -0.05) is 0 Å². The van der Waals surface area contributed by atoms with Crippen molar-refractivity contribution in [3.63, 3.8) is 0 Å². The number of halogens is 1. The molecule has 1 aromatic carbocycles. The van der Waals surface area contributed by atoms with Crippen LogP contribution in [0.1, 0.15) is 18.2 Å². The number of rotatable bonds is 6. The Balaban J connectivity index is 1.93. The van der Waals surface area contributed by atoms with Gasteiger partial charge in [0.1, 0.15) is 17.4 Å². The van der Waals surface area contributed by atoms with Crippen molar-refractivity contribution in [3.8, 4) is 5.75 Å². The van der Waals surface area contributed by atoms with Crippen LogP contribution >= 0.6 is 0 Å². The zero-order chi connectivity index (χ0) is 16.9. The standard InChI is InChI=1S/C16H17FN6O/c1-2-24-14-8-11(17)3-4-13(14)21-15-10(9-19-16(18)22-15)7-12-5-6-20-23-12/h3-6,8-9H,2,7H2,1H3,(H,20,23)(H3,18,19,21,22). The van der Waals surface area contributed by atoms with Crippen LogP contribution in [0.2, 0.25) is 0 Å². The first-order valence-corrected chi connectivity index (χ1v) is 7.44. The van der Waals surface area contributed by atoms with Crippen LogP contribution in [0.4, 0.5) is 21.8 Å². The number of hydrogen-bond acceptors (Lipinski definition) is 6. The van der Waals surface area contributed by atoms with Gasteiger partial charge in [0.25, 0.3) is 0 Å². The zero-order valence-electron chi connectivity index (χ0n) is 13.1. The van der Waals surface area contributed by atoms with E-state index in [1.807, 2.05) is 13.0 Å². The molecule has 0 fully saturated rings. The fourth-order valence-corrected chi connectivity index (χ4v) is 2.25. The molecule has 0 atom stereocenters. The number of ether oxygens (including phenoxy) is 1. The van der Waals surface area contributed by atoms with Gasteiger partial charge in [0.05, 0.1) is 12.3 Å². The van der Waals surface area contributed by atoms with E-state index in [9.17, 15) is 4.39 Å². The molecular formula is C16H17FN6O. The van der Waals surface area contributed by atoms with E-state index in [4.69, 9.17) is 10.5 Å². The lowest BCUT2D eigenvalue weighted by atomic mass is 10.1. The van der Waals surface area contributed by atoms with Crippen LogP contribution in [0, 0.1) is 5.82 Å². The van der Waals surface area contributed by atoms with Crippen LogP contribution in [-0.2, 0) is 6.42 Å². The van der Waals surface area contributed by atoms with Gasteiger partial charge in [-0.25, -0.2) is 9.37 Å². The predicted octanol–water partition coefficient (Wildman–Crippen LogP) is 2.65. The molecule has 0 aliphatic rings. The van der Waals surface area contributed by atoms with Crippen LogP contribution in [0.5, 0.6) is 5.75 Å². The predicted molar refractivity (Wildman–Crippen MR) is 88.7 cm³/mol. The van der Waals surface area contributed by atoms with Crippen molar-refractivity contribution in [1.82, 2.24) is 20.2 Å². The van der Waals surface area contributed by atoms with Crippen molar-refractivity contribution in [2.24, 2.45) is 0 Å². The summed E-state index contributed by atoms with van der Waals surface area (Å²) >= 11 is 0. The Morgan fingerprint density at radius 3 is 2.96 bits per heavy atom. The van der Waals surface area contributed by atoms with Crippen LogP contribution in [0.15, 0.2) is 36.7 Å². The molecule has 3 rings (SSSR count). The van der Waals surface area contributed by atoms with E-state index < -0.39 is 0 Å². The van der Waals surface area contributed by atoms with Crippen LogP contribution < -0.4 is 15.8 Å². The van der Waals surface area contributed by atoms with Gasteiger partial charge in [-0.05, 0) is 25.1 Å². The molecule has 8 heteroatoms. The van der Waals surface area contributed by atoms with Gasteiger partial charge in [-0.3, -0.25) is 5.10 Å². The van der Waals surface area contributed by atoms with Crippen molar-refractivity contribution in [2.75, 3.05) is 17.7 Å². The lowest BCUT2D eigenvalue weighted by molar-refractivity contribution is 0.340. The van der Waals surface area contributed by atoms with Crippen LogP contribution in [-0.4, -0.2) is 26.8 Å². The quantitative estimate of drug-likeness (QED) is 0.643.